The van der Waals surface area contributed by atoms with Gasteiger partial charge < -0.3 is 10.1 Å². The van der Waals surface area contributed by atoms with E-state index in [0.29, 0.717) is 18.9 Å². The van der Waals surface area contributed by atoms with Crippen molar-refractivity contribution in [3.63, 3.8) is 0 Å². The van der Waals surface area contributed by atoms with Crippen molar-refractivity contribution in [1.82, 2.24) is 5.32 Å². The van der Waals surface area contributed by atoms with Crippen LogP contribution in [0.15, 0.2) is 0 Å². The Bertz CT molecular complexity index is 172. The summed E-state index contributed by atoms with van der Waals surface area (Å²) < 4.78 is 5.57. The summed E-state index contributed by atoms with van der Waals surface area (Å²) in [6.45, 7) is 7.53. The molecular formula is C9H17NO2. The van der Waals surface area contributed by atoms with E-state index in [1.165, 1.54) is 0 Å². The molecule has 0 aromatic heterocycles. The number of carbonyl (C=O) groups excluding carboxylic acids is 1. The van der Waals surface area contributed by atoms with E-state index >= 15 is 0 Å². The summed E-state index contributed by atoms with van der Waals surface area (Å²) in [7, 11) is 0. The van der Waals surface area contributed by atoms with Crippen molar-refractivity contribution in [2.45, 2.75) is 32.8 Å². The summed E-state index contributed by atoms with van der Waals surface area (Å²) in [5, 5.41) is 2.79. The molecular weight excluding hydrogens is 154 g/mol. The van der Waals surface area contributed by atoms with Crippen molar-refractivity contribution in [3.05, 3.63) is 0 Å². The maximum absolute atomic E-state index is 10.8. The Morgan fingerprint density at radius 1 is 1.58 bits per heavy atom. The standard InChI is InChI=1S/C9H17NO2/c1-9(2,3)12-6-7-4-8(11)10-5-7/h7H,4-6H2,1-3H3,(H,10,11). The van der Waals surface area contributed by atoms with Crippen molar-refractivity contribution in [2.75, 3.05) is 13.2 Å². The third-order valence-electron chi connectivity index (χ3n) is 1.81. The summed E-state index contributed by atoms with van der Waals surface area (Å²) in [6.07, 6.45) is 0.621. The maximum Gasteiger partial charge on any atom is 0.220 e. The van der Waals surface area contributed by atoms with E-state index in [-0.39, 0.29) is 11.5 Å². The van der Waals surface area contributed by atoms with E-state index in [1.54, 1.807) is 0 Å². The largest absolute Gasteiger partial charge is 0.375 e. The van der Waals surface area contributed by atoms with Crippen LogP contribution in [0.4, 0.5) is 0 Å². The fourth-order valence-corrected chi connectivity index (χ4v) is 1.15. The Balaban J connectivity index is 2.20. The zero-order valence-corrected chi connectivity index (χ0v) is 8.02. The van der Waals surface area contributed by atoms with E-state index in [2.05, 4.69) is 5.32 Å². The summed E-state index contributed by atoms with van der Waals surface area (Å²) in [4.78, 5) is 10.8. The topological polar surface area (TPSA) is 38.3 Å². The second-order valence-electron chi connectivity index (χ2n) is 4.30. The van der Waals surface area contributed by atoms with Gasteiger partial charge in [-0.15, -0.1) is 0 Å². The van der Waals surface area contributed by atoms with Crippen molar-refractivity contribution >= 4 is 5.91 Å². The van der Waals surface area contributed by atoms with Gasteiger partial charge in [0.1, 0.15) is 0 Å². The zero-order valence-electron chi connectivity index (χ0n) is 8.02. The number of hydrogen-bond donors (Lipinski definition) is 1. The van der Waals surface area contributed by atoms with Gasteiger partial charge in [-0.1, -0.05) is 0 Å². The van der Waals surface area contributed by atoms with Crippen LogP contribution in [0, 0.1) is 5.92 Å². The van der Waals surface area contributed by atoms with E-state index in [4.69, 9.17) is 4.74 Å². The fourth-order valence-electron chi connectivity index (χ4n) is 1.15. The molecule has 0 radical (unpaired) electrons. The Hall–Kier alpha value is -0.570. The highest BCUT2D eigenvalue weighted by Gasteiger charge is 2.23. The lowest BCUT2D eigenvalue weighted by Gasteiger charge is -2.21. The molecule has 0 saturated carbocycles. The average molecular weight is 171 g/mol. The van der Waals surface area contributed by atoms with E-state index in [1.807, 2.05) is 20.8 Å². The molecule has 1 amide bonds. The zero-order chi connectivity index (χ0) is 9.19. The van der Waals surface area contributed by atoms with Crippen LogP contribution in [0.3, 0.4) is 0 Å². The molecule has 1 atom stereocenters. The molecule has 12 heavy (non-hydrogen) atoms. The Morgan fingerprint density at radius 2 is 2.25 bits per heavy atom. The molecule has 1 fully saturated rings. The molecule has 1 saturated heterocycles. The molecule has 0 bridgehead atoms. The predicted octanol–water partition coefficient (Wildman–Crippen LogP) is 0.938. The molecule has 70 valence electrons. The third-order valence-corrected chi connectivity index (χ3v) is 1.81. The molecule has 0 aromatic carbocycles. The van der Waals surface area contributed by atoms with Gasteiger partial charge in [0.15, 0.2) is 0 Å². The SMILES string of the molecule is CC(C)(C)OCC1CNC(=O)C1. The number of ether oxygens (including phenoxy) is 1. The Labute approximate surface area is 73.5 Å². The van der Waals surface area contributed by atoms with Gasteiger partial charge in [-0.05, 0) is 20.8 Å². The molecule has 1 rings (SSSR count). The van der Waals surface area contributed by atoms with Crippen molar-refractivity contribution < 1.29 is 9.53 Å². The number of hydrogen-bond acceptors (Lipinski definition) is 2. The second kappa shape index (κ2) is 3.44. The third kappa shape index (κ3) is 3.22. The number of amides is 1. The highest BCUT2D eigenvalue weighted by Crippen LogP contribution is 2.14. The van der Waals surface area contributed by atoms with Crippen molar-refractivity contribution in [2.24, 2.45) is 5.92 Å². The summed E-state index contributed by atoms with van der Waals surface area (Å²) >= 11 is 0. The van der Waals surface area contributed by atoms with E-state index < -0.39 is 0 Å². The Morgan fingerprint density at radius 3 is 2.67 bits per heavy atom. The van der Waals surface area contributed by atoms with Crippen molar-refractivity contribution in [3.8, 4) is 0 Å². The number of rotatable bonds is 2. The predicted molar refractivity (Wildman–Crippen MR) is 46.8 cm³/mol. The lowest BCUT2D eigenvalue weighted by atomic mass is 10.1. The van der Waals surface area contributed by atoms with Crippen molar-refractivity contribution in [1.29, 1.82) is 0 Å². The minimum absolute atomic E-state index is 0.0916. The van der Waals surface area contributed by atoms with Gasteiger partial charge in [0.25, 0.3) is 0 Å². The molecule has 1 N–H and O–H groups in total. The van der Waals surface area contributed by atoms with Gasteiger partial charge in [0.05, 0.1) is 12.2 Å². The fraction of sp³-hybridized carbons (Fsp3) is 0.889. The molecule has 3 nitrogen and oxygen atoms in total. The molecule has 1 aliphatic heterocycles. The van der Waals surface area contributed by atoms with E-state index in [0.717, 1.165) is 6.54 Å². The van der Waals surface area contributed by atoms with Crippen LogP contribution in [-0.4, -0.2) is 24.7 Å². The highest BCUT2D eigenvalue weighted by molar-refractivity contribution is 5.78. The van der Waals surface area contributed by atoms with Crippen LogP contribution in [0.5, 0.6) is 0 Å². The van der Waals surface area contributed by atoms with Gasteiger partial charge in [0.2, 0.25) is 5.91 Å². The van der Waals surface area contributed by atoms with E-state index in [9.17, 15) is 4.79 Å². The Kier molecular flexibility index (Phi) is 2.73. The molecule has 1 unspecified atom stereocenters. The van der Waals surface area contributed by atoms with Crippen LogP contribution in [0.25, 0.3) is 0 Å². The van der Waals surface area contributed by atoms with Crippen LogP contribution >= 0.6 is 0 Å². The first kappa shape index (κ1) is 9.52. The molecule has 3 heteroatoms. The highest BCUT2D eigenvalue weighted by atomic mass is 16.5. The van der Waals surface area contributed by atoms with Crippen LogP contribution in [-0.2, 0) is 9.53 Å². The van der Waals surface area contributed by atoms with Gasteiger partial charge in [-0.2, -0.15) is 0 Å². The first-order chi connectivity index (χ1) is 5.47. The summed E-state index contributed by atoms with van der Waals surface area (Å²) in [6, 6.07) is 0. The summed E-state index contributed by atoms with van der Waals surface area (Å²) in [5.41, 5.74) is -0.0916. The lowest BCUT2D eigenvalue weighted by molar-refractivity contribution is -0.119. The normalized spacial score (nSPS) is 24.2. The minimum atomic E-state index is -0.0916. The molecule has 0 aromatic rings. The van der Waals surface area contributed by atoms with Crippen LogP contribution in [0.2, 0.25) is 0 Å². The summed E-state index contributed by atoms with van der Waals surface area (Å²) in [5.74, 6) is 0.522. The van der Waals surface area contributed by atoms with Gasteiger partial charge in [-0.3, -0.25) is 4.79 Å². The molecule has 1 aliphatic rings. The number of nitrogens with one attached hydrogen (secondary N) is 1. The molecule has 0 aliphatic carbocycles. The van der Waals surface area contributed by atoms with Crippen LogP contribution < -0.4 is 5.32 Å². The molecule has 1 heterocycles. The van der Waals surface area contributed by atoms with Gasteiger partial charge in [0, 0.05) is 18.9 Å². The second-order valence-corrected chi connectivity index (χ2v) is 4.30. The monoisotopic (exact) mass is 171 g/mol. The van der Waals surface area contributed by atoms with Gasteiger partial charge >= 0.3 is 0 Å². The first-order valence-electron chi connectivity index (χ1n) is 4.38. The van der Waals surface area contributed by atoms with Crippen LogP contribution in [0.1, 0.15) is 27.2 Å². The minimum Gasteiger partial charge on any atom is -0.375 e. The number of carbonyl (C=O) groups is 1. The molecule has 0 spiro atoms. The smallest absolute Gasteiger partial charge is 0.220 e. The average Bonchev–Trinajstić information content (AvgIpc) is 2.30. The first-order valence-corrected chi connectivity index (χ1v) is 4.38. The van der Waals surface area contributed by atoms with Gasteiger partial charge in [-0.25, -0.2) is 0 Å². The lowest BCUT2D eigenvalue weighted by Crippen LogP contribution is -2.24. The maximum atomic E-state index is 10.8. The quantitative estimate of drug-likeness (QED) is 0.671.